The molecule has 0 radical (unpaired) electrons. The van der Waals surface area contributed by atoms with E-state index < -0.39 is 0 Å². The van der Waals surface area contributed by atoms with Crippen LogP contribution < -0.4 is 0 Å². The van der Waals surface area contributed by atoms with Gasteiger partial charge in [-0.1, -0.05) is 30.3 Å². The normalized spacial score (nSPS) is 18.7. The molecule has 1 fully saturated rings. The third kappa shape index (κ3) is 3.25. The maximum atomic E-state index is 12.2. The third-order valence-electron chi connectivity index (χ3n) is 3.36. The minimum atomic E-state index is -0.0119. The molecule has 0 saturated carbocycles. The van der Waals surface area contributed by atoms with Crippen LogP contribution in [-0.2, 0) is 16.1 Å². The maximum absolute atomic E-state index is 12.2. The number of ether oxygens (including phenoxy) is 1. The van der Waals surface area contributed by atoms with Crippen LogP contribution in [0.4, 0.5) is 0 Å². The monoisotopic (exact) mass is 287 g/mol. The Morgan fingerprint density at radius 1 is 1.38 bits per heavy atom. The highest BCUT2D eigenvalue weighted by Gasteiger charge is 2.22. The molecule has 1 atom stereocenters. The van der Waals surface area contributed by atoms with E-state index in [0.29, 0.717) is 25.5 Å². The van der Waals surface area contributed by atoms with E-state index >= 15 is 0 Å². The summed E-state index contributed by atoms with van der Waals surface area (Å²) in [6.07, 6.45) is 0.0753. The predicted molar refractivity (Wildman–Crippen MR) is 75.2 cm³/mol. The SMILES string of the molecule is CC1CN(C(=O)Cn2nnc(-c3ccccc3)n2)CCO1. The predicted octanol–water partition coefficient (Wildman–Crippen LogP) is 0.587. The first-order valence-corrected chi connectivity index (χ1v) is 6.95. The highest BCUT2D eigenvalue weighted by Crippen LogP contribution is 2.12. The van der Waals surface area contributed by atoms with Gasteiger partial charge in [0.1, 0.15) is 6.54 Å². The molecular weight excluding hydrogens is 270 g/mol. The lowest BCUT2D eigenvalue weighted by atomic mass is 10.2. The summed E-state index contributed by atoms with van der Waals surface area (Å²) in [6.45, 7) is 3.86. The number of morpholine rings is 1. The summed E-state index contributed by atoms with van der Waals surface area (Å²) in [5.74, 6) is 0.515. The second-order valence-electron chi connectivity index (χ2n) is 5.03. The highest BCUT2D eigenvalue weighted by atomic mass is 16.5. The van der Waals surface area contributed by atoms with Crippen molar-refractivity contribution in [2.75, 3.05) is 19.7 Å². The fraction of sp³-hybridized carbons (Fsp3) is 0.429. The molecule has 2 heterocycles. The quantitative estimate of drug-likeness (QED) is 0.826. The summed E-state index contributed by atoms with van der Waals surface area (Å²) in [4.78, 5) is 15.3. The van der Waals surface area contributed by atoms with Crippen LogP contribution in [0, 0.1) is 0 Å². The molecule has 7 heteroatoms. The van der Waals surface area contributed by atoms with Gasteiger partial charge >= 0.3 is 0 Å². The lowest BCUT2D eigenvalue weighted by Crippen LogP contribution is -2.45. The lowest BCUT2D eigenvalue weighted by molar-refractivity contribution is -0.139. The minimum Gasteiger partial charge on any atom is -0.375 e. The molecule has 7 nitrogen and oxygen atoms in total. The van der Waals surface area contributed by atoms with Crippen LogP contribution in [0.15, 0.2) is 30.3 Å². The molecule has 1 amide bonds. The van der Waals surface area contributed by atoms with Gasteiger partial charge in [-0.3, -0.25) is 4.79 Å². The average Bonchev–Trinajstić information content (AvgIpc) is 2.97. The third-order valence-corrected chi connectivity index (χ3v) is 3.36. The average molecular weight is 287 g/mol. The number of hydrogen-bond donors (Lipinski definition) is 0. The van der Waals surface area contributed by atoms with Gasteiger partial charge in [-0.05, 0) is 12.1 Å². The number of amides is 1. The van der Waals surface area contributed by atoms with E-state index in [0.717, 1.165) is 5.56 Å². The summed E-state index contributed by atoms with van der Waals surface area (Å²) in [5.41, 5.74) is 0.885. The largest absolute Gasteiger partial charge is 0.375 e. The van der Waals surface area contributed by atoms with E-state index in [1.807, 2.05) is 37.3 Å². The zero-order chi connectivity index (χ0) is 14.7. The van der Waals surface area contributed by atoms with Gasteiger partial charge < -0.3 is 9.64 Å². The molecular formula is C14H17N5O2. The Labute approximate surface area is 122 Å². The number of benzene rings is 1. The van der Waals surface area contributed by atoms with Crippen molar-refractivity contribution >= 4 is 5.91 Å². The van der Waals surface area contributed by atoms with Crippen molar-refractivity contribution in [3.63, 3.8) is 0 Å². The second-order valence-corrected chi connectivity index (χ2v) is 5.03. The van der Waals surface area contributed by atoms with Crippen LogP contribution in [0.2, 0.25) is 0 Å². The van der Waals surface area contributed by atoms with Gasteiger partial charge in [0.05, 0.1) is 12.7 Å². The second kappa shape index (κ2) is 6.01. The van der Waals surface area contributed by atoms with E-state index in [4.69, 9.17) is 4.74 Å². The molecule has 21 heavy (non-hydrogen) atoms. The summed E-state index contributed by atoms with van der Waals surface area (Å²) < 4.78 is 5.43. The Morgan fingerprint density at radius 3 is 2.95 bits per heavy atom. The first-order valence-electron chi connectivity index (χ1n) is 6.95. The highest BCUT2D eigenvalue weighted by molar-refractivity contribution is 5.76. The minimum absolute atomic E-state index is 0.0119. The fourth-order valence-corrected chi connectivity index (χ4v) is 2.28. The van der Waals surface area contributed by atoms with Gasteiger partial charge in [-0.15, -0.1) is 10.2 Å². The number of carbonyl (C=O) groups excluding carboxylic acids is 1. The van der Waals surface area contributed by atoms with Crippen molar-refractivity contribution in [2.24, 2.45) is 0 Å². The van der Waals surface area contributed by atoms with Crippen molar-refractivity contribution < 1.29 is 9.53 Å². The number of nitrogens with zero attached hydrogens (tertiary/aromatic N) is 5. The van der Waals surface area contributed by atoms with E-state index in [1.54, 1.807) is 4.90 Å². The van der Waals surface area contributed by atoms with Crippen molar-refractivity contribution in [1.82, 2.24) is 25.1 Å². The van der Waals surface area contributed by atoms with Gasteiger partial charge in [0.15, 0.2) is 0 Å². The van der Waals surface area contributed by atoms with Gasteiger partial charge in [-0.2, -0.15) is 4.80 Å². The summed E-state index contributed by atoms with van der Waals surface area (Å²) in [6, 6.07) is 9.57. The van der Waals surface area contributed by atoms with Crippen LogP contribution in [0.1, 0.15) is 6.92 Å². The number of aromatic nitrogens is 4. The molecule has 0 spiro atoms. The Kier molecular flexibility index (Phi) is 3.92. The van der Waals surface area contributed by atoms with Crippen molar-refractivity contribution in [1.29, 1.82) is 0 Å². The molecule has 1 unspecified atom stereocenters. The molecule has 110 valence electrons. The van der Waals surface area contributed by atoms with Crippen molar-refractivity contribution in [3.05, 3.63) is 30.3 Å². The molecule has 1 aliphatic rings. The Hall–Kier alpha value is -2.28. The van der Waals surface area contributed by atoms with Crippen LogP contribution in [0.3, 0.4) is 0 Å². The molecule has 0 aliphatic carbocycles. The van der Waals surface area contributed by atoms with Gasteiger partial charge in [0.25, 0.3) is 0 Å². The first kappa shape index (κ1) is 13.7. The number of tetrazole rings is 1. The zero-order valence-electron chi connectivity index (χ0n) is 11.8. The van der Waals surface area contributed by atoms with Crippen LogP contribution in [-0.4, -0.2) is 56.8 Å². The van der Waals surface area contributed by atoms with Crippen molar-refractivity contribution in [2.45, 2.75) is 19.6 Å². The van der Waals surface area contributed by atoms with Gasteiger partial charge in [0, 0.05) is 18.7 Å². The Balaban J connectivity index is 1.66. The molecule has 3 rings (SSSR count). The molecule has 1 aromatic heterocycles. The van der Waals surface area contributed by atoms with Crippen molar-refractivity contribution in [3.8, 4) is 11.4 Å². The van der Waals surface area contributed by atoms with E-state index in [2.05, 4.69) is 15.4 Å². The van der Waals surface area contributed by atoms with Gasteiger partial charge in [0.2, 0.25) is 11.7 Å². The standard InChI is InChI=1S/C14H17N5O2/c1-11-9-18(7-8-21-11)13(20)10-19-16-14(15-17-19)12-5-3-2-4-6-12/h2-6,11H,7-10H2,1H3. The molecule has 0 N–H and O–H groups in total. The molecule has 1 saturated heterocycles. The molecule has 1 aromatic carbocycles. The Morgan fingerprint density at radius 2 is 2.19 bits per heavy atom. The van der Waals surface area contributed by atoms with E-state index in [9.17, 15) is 4.79 Å². The number of hydrogen-bond acceptors (Lipinski definition) is 5. The first-order chi connectivity index (χ1) is 10.2. The maximum Gasteiger partial charge on any atom is 0.246 e. The number of carbonyl (C=O) groups is 1. The molecule has 2 aromatic rings. The fourth-order valence-electron chi connectivity index (χ4n) is 2.28. The summed E-state index contributed by atoms with van der Waals surface area (Å²) in [7, 11) is 0. The Bertz CT molecular complexity index is 613. The van der Waals surface area contributed by atoms with Crippen LogP contribution in [0.5, 0.6) is 0 Å². The summed E-state index contributed by atoms with van der Waals surface area (Å²) >= 11 is 0. The zero-order valence-corrected chi connectivity index (χ0v) is 11.8. The number of rotatable bonds is 3. The van der Waals surface area contributed by atoms with Gasteiger partial charge in [-0.25, -0.2) is 0 Å². The topological polar surface area (TPSA) is 73.1 Å². The van der Waals surface area contributed by atoms with Crippen LogP contribution in [0.25, 0.3) is 11.4 Å². The smallest absolute Gasteiger partial charge is 0.246 e. The molecule has 0 bridgehead atoms. The lowest BCUT2D eigenvalue weighted by Gasteiger charge is -2.30. The molecule has 1 aliphatic heterocycles. The summed E-state index contributed by atoms with van der Waals surface area (Å²) in [5, 5.41) is 12.2. The van der Waals surface area contributed by atoms with E-state index in [-0.39, 0.29) is 18.6 Å². The van der Waals surface area contributed by atoms with Crippen LogP contribution >= 0.6 is 0 Å². The van der Waals surface area contributed by atoms with E-state index in [1.165, 1.54) is 4.80 Å².